The van der Waals surface area contributed by atoms with E-state index in [4.69, 9.17) is 16.7 Å². The van der Waals surface area contributed by atoms with Crippen LogP contribution < -0.4 is 4.90 Å². The van der Waals surface area contributed by atoms with Crippen LogP contribution in [-0.4, -0.2) is 22.0 Å². The second kappa shape index (κ2) is 7.31. The Balaban J connectivity index is 1.77. The highest BCUT2D eigenvalue weighted by Crippen LogP contribution is 2.37. The highest BCUT2D eigenvalue weighted by molar-refractivity contribution is 7.18. The van der Waals surface area contributed by atoms with Gasteiger partial charge in [-0.2, -0.15) is 0 Å². The minimum absolute atomic E-state index is 0.151. The molecule has 3 aromatic rings. The highest BCUT2D eigenvalue weighted by atomic mass is 35.5. The summed E-state index contributed by atoms with van der Waals surface area (Å²) in [5.74, 6) is -5.91. The zero-order valence-electron chi connectivity index (χ0n) is 14.6. The Morgan fingerprint density at radius 1 is 1.28 bits per heavy atom. The summed E-state index contributed by atoms with van der Waals surface area (Å²) >= 11 is 6.85. The summed E-state index contributed by atoms with van der Waals surface area (Å²) < 4.78 is 41.3. The lowest BCUT2D eigenvalue weighted by Crippen LogP contribution is -2.41. The van der Waals surface area contributed by atoms with E-state index in [1.807, 2.05) is 0 Å². The van der Waals surface area contributed by atoms with E-state index in [0.717, 1.165) is 16.9 Å². The molecule has 2 heterocycles. The van der Waals surface area contributed by atoms with E-state index in [2.05, 4.69) is 4.98 Å². The molecule has 1 N–H and O–H groups in total. The Hall–Kier alpha value is -2.65. The number of carbonyl (C=O) groups is 2. The molecule has 10 heteroatoms. The van der Waals surface area contributed by atoms with Crippen LogP contribution in [-0.2, 0) is 22.6 Å². The minimum atomic E-state index is -1.35. The predicted molar refractivity (Wildman–Crippen MR) is 102 cm³/mol. The number of rotatable bonds is 4. The van der Waals surface area contributed by atoms with Gasteiger partial charge >= 0.3 is 5.97 Å². The van der Waals surface area contributed by atoms with Gasteiger partial charge in [-0.3, -0.25) is 9.59 Å². The van der Waals surface area contributed by atoms with Gasteiger partial charge in [0.1, 0.15) is 16.3 Å². The maximum absolute atomic E-state index is 14.0. The van der Waals surface area contributed by atoms with Gasteiger partial charge in [0.2, 0.25) is 5.91 Å². The number of halogens is 4. The topological polar surface area (TPSA) is 70.5 Å². The average molecular weight is 441 g/mol. The number of aromatic nitrogens is 1. The Bertz CT molecular complexity index is 1170. The molecular weight excluding hydrogens is 429 g/mol. The smallest absolute Gasteiger partial charge is 0.304 e. The molecule has 0 bridgehead atoms. The van der Waals surface area contributed by atoms with Crippen LogP contribution in [0.2, 0.25) is 5.02 Å². The van der Waals surface area contributed by atoms with Crippen LogP contribution in [0.3, 0.4) is 0 Å². The van der Waals surface area contributed by atoms with Crippen molar-refractivity contribution >= 4 is 50.7 Å². The van der Waals surface area contributed by atoms with Crippen molar-refractivity contribution in [3.05, 3.63) is 57.3 Å². The molecule has 0 fully saturated rings. The Labute approximate surface area is 171 Å². The Morgan fingerprint density at radius 2 is 2.03 bits per heavy atom. The lowest BCUT2D eigenvalue weighted by atomic mass is 9.89. The summed E-state index contributed by atoms with van der Waals surface area (Å²) in [5.41, 5.74) is 0.764. The van der Waals surface area contributed by atoms with Gasteiger partial charge < -0.3 is 10.0 Å². The quantitative estimate of drug-likeness (QED) is 0.604. The van der Waals surface area contributed by atoms with Gasteiger partial charge in [-0.15, -0.1) is 11.3 Å². The first-order chi connectivity index (χ1) is 13.7. The number of carboxylic acid groups (broad SMARTS) is 1. The molecule has 1 aromatic heterocycles. The fourth-order valence-corrected chi connectivity index (χ4v) is 4.54. The van der Waals surface area contributed by atoms with Crippen LogP contribution in [0.1, 0.15) is 17.0 Å². The number of nitrogens with zero attached hydrogens (tertiary/aromatic N) is 2. The molecule has 150 valence electrons. The third-order valence-corrected chi connectivity index (χ3v) is 5.98. The normalized spacial score (nSPS) is 16.3. The summed E-state index contributed by atoms with van der Waals surface area (Å²) in [6.45, 7) is -0.151. The lowest BCUT2D eigenvalue weighted by Gasteiger charge is -2.33. The predicted octanol–water partition coefficient (Wildman–Crippen LogP) is 4.55. The van der Waals surface area contributed by atoms with Crippen molar-refractivity contribution in [2.75, 3.05) is 4.90 Å². The molecular formula is C19H12ClF3N2O3S. The van der Waals surface area contributed by atoms with E-state index in [1.54, 1.807) is 18.2 Å². The van der Waals surface area contributed by atoms with E-state index in [9.17, 15) is 22.8 Å². The van der Waals surface area contributed by atoms with Crippen LogP contribution in [0.15, 0.2) is 24.3 Å². The fraction of sp³-hybridized carbons (Fsp3) is 0.211. The van der Waals surface area contributed by atoms with Gasteiger partial charge in [0.15, 0.2) is 11.6 Å². The number of carboxylic acids is 1. The third kappa shape index (κ3) is 3.56. The second-order valence-electron chi connectivity index (χ2n) is 6.64. The van der Waals surface area contributed by atoms with Gasteiger partial charge in [-0.05, 0) is 24.1 Å². The van der Waals surface area contributed by atoms with Crippen LogP contribution >= 0.6 is 22.9 Å². The molecule has 1 amide bonds. The number of thiazole rings is 1. The molecule has 0 saturated heterocycles. The summed E-state index contributed by atoms with van der Waals surface area (Å²) in [6, 6.07) is 5.36. The standard InChI is InChI=1S/C19H12ClF3N2O3S/c20-10-2-1-8-3-9(4-15(26)27)19(28)25(13(8)5-10)7-14-24-17-16(23)11(21)6-12(22)18(17)29-14/h1-2,5-6,9H,3-4,7H2,(H,26,27). The molecule has 0 radical (unpaired) electrons. The van der Waals surface area contributed by atoms with Crippen molar-refractivity contribution in [3.8, 4) is 0 Å². The van der Waals surface area contributed by atoms with Crippen molar-refractivity contribution in [1.29, 1.82) is 0 Å². The molecule has 4 rings (SSSR count). The first kappa shape index (κ1) is 19.7. The van der Waals surface area contributed by atoms with Gasteiger partial charge in [0.25, 0.3) is 0 Å². The first-order valence-corrected chi connectivity index (χ1v) is 9.68. The van der Waals surface area contributed by atoms with Crippen molar-refractivity contribution < 1.29 is 27.9 Å². The van der Waals surface area contributed by atoms with Crippen molar-refractivity contribution in [3.63, 3.8) is 0 Å². The first-order valence-electron chi connectivity index (χ1n) is 8.49. The molecule has 0 spiro atoms. The summed E-state index contributed by atoms with van der Waals surface area (Å²) in [6.07, 6.45) is -0.117. The van der Waals surface area contributed by atoms with Gasteiger partial charge in [0, 0.05) is 16.8 Å². The molecule has 1 unspecified atom stereocenters. The van der Waals surface area contributed by atoms with Crippen LogP contribution in [0.4, 0.5) is 18.9 Å². The maximum Gasteiger partial charge on any atom is 0.304 e. The highest BCUT2D eigenvalue weighted by Gasteiger charge is 2.35. The van der Waals surface area contributed by atoms with Gasteiger partial charge in [-0.25, -0.2) is 18.2 Å². The SMILES string of the molecule is O=C(O)CC1Cc2ccc(Cl)cc2N(Cc2nc3c(F)c(F)cc(F)c3s2)C1=O. The summed E-state index contributed by atoms with van der Waals surface area (Å²) in [5, 5.41) is 9.67. The molecule has 5 nitrogen and oxygen atoms in total. The van der Waals surface area contributed by atoms with Crippen LogP contribution in [0.25, 0.3) is 10.2 Å². The lowest BCUT2D eigenvalue weighted by molar-refractivity contribution is -0.140. The number of hydrogen-bond donors (Lipinski definition) is 1. The summed E-state index contributed by atoms with van der Waals surface area (Å²) in [4.78, 5) is 29.4. The van der Waals surface area contributed by atoms with E-state index < -0.39 is 40.8 Å². The van der Waals surface area contributed by atoms with Crippen molar-refractivity contribution in [2.24, 2.45) is 5.92 Å². The molecule has 1 atom stereocenters. The van der Waals surface area contributed by atoms with Gasteiger partial charge in [0.05, 0.1) is 23.6 Å². The third-order valence-electron chi connectivity index (χ3n) is 4.69. The molecule has 1 aliphatic heterocycles. The number of fused-ring (bicyclic) bond motifs is 2. The molecule has 29 heavy (non-hydrogen) atoms. The zero-order chi connectivity index (χ0) is 20.9. The summed E-state index contributed by atoms with van der Waals surface area (Å²) in [7, 11) is 0. The number of anilines is 1. The van der Waals surface area contributed by atoms with E-state index in [0.29, 0.717) is 16.8 Å². The number of carbonyl (C=O) groups excluding carboxylic acids is 1. The van der Waals surface area contributed by atoms with Crippen LogP contribution in [0.5, 0.6) is 0 Å². The van der Waals surface area contributed by atoms with E-state index in [1.165, 1.54) is 4.90 Å². The average Bonchev–Trinajstić information content (AvgIpc) is 3.08. The number of aliphatic carboxylic acids is 1. The van der Waals surface area contributed by atoms with E-state index >= 15 is 0 Å². The van der Waals surface area contributed by atoms with E-state index in [-0.39, 0.29) is 29.1 Å². The largest absolute Gasteiger partial charge is 0.481 e. The van der Waals surface area contributed by atoms with Crippen molar-refractivity contribution in [2.45, 2.75) is 19.4 Å². The fourth-order valence-electron chi connectivity index (χ4n) is 3.42. The Morgan fingerprint density at radius 3 is 2.76 bits per heavy atom. The molecule has 2 aromatic carbocycles. The molecule has 1 aliphatic rings. The maximum atomic E-state index is 14.0. The number of hydrogen-bond acceptors (Lipinski definition) is 4. The minimum Gasteiger partial charge on any atom is -0.481 e. The van der Waals surface area contributed by atoms with Gasteiger partial charge in [-0.1, -0.05) is 17.7 Å². The number of amides is 1. The molecule has 0 aliphatic carbocycles. The van der Waals surface area contributed by atoms with Crippen molar-refractivity contribution in [1.82, 2.24) is 4.98 Å². The van der Waals surface area contributed by atoms with Crippen LogP contribution in [0, 0.1) is 23.4 Å². The second-order valence-corrected chi connectivity index (χ2v) is 8.16. The zero-order valence-corrected chi connectivity index (χ0v) is 16.2. The number of benzene rings is 2. The monoisotopic (exact) mass is 440 g/mol. The Kier molecular flexibility index (Phi) is 4.95. The molecule has 0 saturated carbocycles.